The smallest absolute Gasteiger partial charge is 0.270 e. The Hall–Kier alpha value is -4.28. The van der Waals surface area contributed by atoms with E-state index in [1.54, 1.807) is 55.5 Å². The van der Waals surface area contributed by atoms with Crippen LogP contribution in [0.15, 0.2) is 77.3 Å². The van der Waals surface area contributed by atoms with E-state index in [2.05, 4.69) is 15.9 Å². The van der Waals surface area contributed by atoms with Crippen LogP contribution in [-0.4, -0.2) is 47.2 Å². The Balaban J connectivity index is 1.54. The number of nitro benzene ring substituents is 1. The highest BCUT2D eigenvalue weighted by Crippen LogP contribution is 2.35. The number of rotatable bonds is 8. The summed E-state index contributed by atoms with van der Waals surface area (Å²) in [5, 5.41) is 12.7. The summed E-state index contributed by atoms with van der Waals surface area (Å²) in [6.45, 7) is 1.83. The molecule has 1 aliphatic rings. The van der Waals surface area contributed by atoms with Gasteiger partial charge in [0.2, 0.25) is 0 Å². The molecule has 5 rings (SSSR count). The average Bonchev–Trinajstić information content (AvgIpc) is 2.95. The number of halogens is 2. The first-order chi connectivity index (χ1) is 19.2. The van der Waals surface area contributed by atoms with Gasteiger partial charge in [0.25, 0.3) is 23.4 Å². The summed E-state index contributed by atoms with van der Waals surface area (Å²) < 4.78 is 6.50. The minimum Gasteiger partial charge on any atom is -0.492 e. The third-order valence-electron chi connectivity index (χ3n) is 6.58. The predicted octanol–water partition coefficient (Wildman–Crippen LogP) is 6.51. The second-order valence-corrected chi connectivity index (χ2v) is 10.1. The van der Waals surface area contributed by atoms with Crippen LogP contribution in [0.5, 0.6) is 5.75 Å². The predicted molar refractivity (Wildman–Crippen MR) is 154 cm³/mol. The molecule has 0 saturated carbocycles. The van der Waals surface area contributed by atoms with Gasteiger partial charge in [0.1, 0.15) is 5.75 Å². The molecule has 0 atom stereocenters. The van der Waals surface area contributed by atoms with Crippen LogP contribution in [0.4, 0.5) is 11.4 Å². The van der Waals surface area contributed by atoms with Crippen molar-refractivity contribution in [3.05, 3.63) is 109 Å². The number of carbonyl (C=O) groups excluding carboxylic acids is 3. The Labute approximate surface area is 242 Å². The van der Waals surface area contributed by atoms with Crippen molar-refractivity contribution in [1.82, 2.24) is 4.90 Å². The number of para-hydroxylation sites is 2. The molecule has 0 N–H and O–H groups in total. The lowest BCUT2D eigenvalue weighted by molar-refractivity contribution is -0.384. The first kappa shape index (κ1) is 27.3. The molecule has 4 aromatic rings. The largest absolute Gasteiger partial charge is 0.492 e. The number of amides is 3. The van der Waals surface area contributed by atoms with Crippen molar-refractivity contribution in [2.24, 2.45) is 0 Å². The van der Waals surface area contributed by atoms with Crippen LogP contribution in [0.3, 0.4) is 0 Å². The fourth-order valence-corrected chi connectivity index (χ4v) is 5.40. The maximum atomic E-state index is 13.9. The number of imide groups is 1. The van der Waals surface area contributed by atoms with E-state index in [-0.39, 0.29) is 29.4 Å². The van der Waals surface area contributed by atoms with Crippen LogP contribution in [-0.2, 0) is 0 Å². The fourth-order valence-electron chi connectivity index (χ4n) is 4.74. The number of hydrogen-bond donors (Lipinski definition) is 0. The Bertz CT molecular complexity index is 1690. The zero-order chi connectivity index (χ0) is 28.6. The lowest BCUT2D eigenvalue weighted by atomic mass is 9.94. The van der Waals surface area contributed by atoms with Crippen molar-refractivity contribution in [3.8, 4) is 5.75 Å². The lowest BCUT2D eigenvalue weighted by Crippen LogP contribution is -2.46. The normalized spacial score (nSPS) is 12.5. The second-order valence-electron chi connectivity index (χ2n) is 8.86. The highest BCUT2D eigenvalue weighted by atomic mass is 79.9. The molecule has 0 bridgehead atoms. The molecule has 0 spiro atoms. The average molecular weight is 623 g/mol. The quantitative estimate of drug-likeness (QED) is 0.126. The molecule has 3 amide bonds. The lowest BCUT2D eigenvalue weighted by Gasteiger charge is -2.31. The van der Waals surface area contributed by atoms with Crippen LogP contribution in [0.25, 0.3) is 10.8 Å². The SMILES string of the molecule is CCOc1ccccc1N(CCN1C(=O)c2cccc3c(Br)ccc(c23)C1=O)C(=O)c1cc([N+](=O)[O-])ccc1Cl. The fraction of sp³-hybridized carbons (Fsp3) is 0.138. The molecule has 9 nitrogen and oxygen atoms in total. The summed E-state index contributed by atoms with van der Waals surface area (Å²) in [5.74, 6) is -1.24. The van der Waals surface area contributed by atoms with E-state index in [0.717, 1.165) is 20.8 Å². The van der Waals surface area contributed by atoms with E-state index in [1.807, 2.05) is 6.07 Å². The van der Waals surface area contributed by atoms with E-state index in [0.29, 0.717) is 34.6 Å². The number of benzene rings is 4. The van der Waals surface area contributed by atoms with Gasteiger partial charge in [0.15, 0.2) is 0 Å². The zero-order valence-corrected chi connectivity index (χ0v) is 23.4. The first-order valence-electron chi connectivity index (χ1n) is 12.3. The van der Waals surface area contributed by atoms with Crippen molar-refractivity contribution in [2.45, 2.75) is 6.92 Å². The van der Waals surface area contributed by atoms with E-state index in [9.17, 15) is 24.5 Å². The van der Waals surface area contributed by atoms with Gasteiger partial charge in [-0.05, 0) is 48.7 Å². The van der Waals surface area contributed by atoms with Gasteiger partial charge in [0, 0.05) is 46.2 Å². The molecule has 0 aliphatic carbocycles. The molecule has 40 heavy (non-hydrogen) atoms. The van der Waals surface area contributed by atoms with E-state index in [1.165, 1.54) is 17.0 Å². The maximum absolute atomic E-state index is 13.9. The van der Waals surface area contributed by atoms with Gasteiger partial charge in [-0.15, -0.1) is 0 Å². The molecule has 4 aromatic carbocycles. The Morgan fingerprint density at radius 2 is 1.75 bits per heavy atom. The first-order valence-corrected chi connectivity index (χ1v) is 13.4. The van der Waals surface area contributed by atoms with Crippen molar-refractivity contribution < 1.29 is 24.0 Å². The molecule has 0 aromatic heterocycles. The molecular weight excluding hydrogens is 602 g/mol. The van der Waals surface area contributed by atoms with E-state index < -0.39 is 22.6 Å². The maximum Gasteiger partial charge on any atom is 0.270 e. The molecule has 1 heterocycles. The summed E-state index contributed by atoms with van der Waals surface area (Å²) in [4.78, 5) is 54.1. The van der Waals surface area contributed by atoms with Crippen molar-refractivity contribution >= 4 is 67.4 Å². The molecule has 11 heteroatoms. The third kappa shape index (κ3) is 4.80. The molecule has 0 saturated heterocycles. The van der Waals surface area contributed by atoms with Gasteiger partial charge >= 0.3 is 0 Å². The molecule has 0 unspecified atom stereocenters. The van der Waals surface area contributed by atoms with Gasteiger partial charge < -0.3 is 9.64 Å². The van der Waals surface area contributed by atoms with E-state index >= 15 is 0 Å². The summed E-state index contributed by atoms with van der Waals surface area (Å²) in [6, 6.07) is 19.0. The Morgan fingerprint density at radius 1 is 1.02 bits per heavy atom. The van der Waals surface area contributed by atoms with Gasteiger partial charge in [-0.1, -0.05) is 51.8 Å². The van der Waals surface area contributed by atoms with Crippen molar-refractivity contribution in [1.29, 1.82) is 0 Å². The van der Waals surface area contributed by atoms with Gasteiger partial charge in [0.05, 0.1) is 27.8 Å². The van der Waals surface area contributed by atoms with Crippen LogP contribution in [0.2, 0.25) is 5.02 Å². The molecular formula is C29H21BrClN3O6. The van der Waals surface area contributed by atoms with Crippen LogP contribution in [0.1, 0.15) is 38.0 Å². The van der Waals surface area contributed by atoms with Gasteiger partial charge in [-0.25, -0.2) is 0 Å². The summed E-state index contributed by atoms with van der Waals surface area (Å²) in [7, 11) is 0. The van der Waals surface area contributed by atoms with E-state index in [4.69, 9.17) is 16.3 Å². The molecule has 0 radical (unpaired) electrons. The minimum atomic E-state index is -0.649. The summed E-state index contributed by atoms with van der Waals surface area (Å²) in [5.41, 5.74) is 0.715. The summed E-state index contributed by atoms with van der Waals surface area (Å²) in [6.07, 6.45) is 0. The monoisotopic (exact) mass is 621 g/mol. The van der Waals surface area contributed by atoms with Gasteiger partial charge in [-0.3, -0.25) is 29.4 Å². The summed E-state index contributed by atoms with van der Waals surface area (Å²) >= 11 is 9.80. The van der Waals surface area contributed by atoms with Crippen molar-refractivity contribution in [2.75, 3.05) is 24.6 Å². The van der Waals surface area contributed by atoms with Crippen molar-refractivity contribution in [3.63, 3.8) is 0 Å². The number of carbonyl (C=O) groups is 3. The molecule has 1 aliphatic heterocycles. The number of nitro groups is 1. The van der Waals surface area contributed by atoms with Crippen LogP contribution in [0, 0.1) is 10.1 Å². The Kier molecular flexibility index (Phi) is 7.55. The Morgan fingerprint density at radius 3 is 2.48 bits per heavy atom. The van der Waals surface area contributed by atoms with Crippen LogP contribution < -0.4 is 9.64 Å². The standard InChI is InChI=1S/C29H21BrClN3O6/c1-2-40-25-9-4-3-8-24(25)32(29(37)21-16-17(34(38)39)10-13-23(21)31)14-15-33-27(35)19-7-5-6-18-22(30)12-11-20(26(18)19)28(33)36/h3-13,16H,2,14-15H2,1H3. The number of hydrogen-bond acceptors (Lipinski definition) is 6. The van der Waals surface area contributed by atoms with Gasteiger partial charge in [-0.2, -0.15) is 0 Å². The second kappa shape index (κ2) is 11.1. The topological polar surface area (TPSA) is 110 Å². The third-order valence-corrected chi connectivity index (χ3v) is 7.60. The molecule has 202 valence electrons. The molecule has 0 fully saturated rings. The minimum absolute atomic E-state index is 0.0193. The number of anilines is 1. The zero-order valence-electron chi connectivity index (χ0n) is 21.1. The highest BCUT2D eigenvalue weighted by Gasteiger charge is 2.34. The highest BCUT2D eigenvalue weighted by molar-refractivity contribution is 9.10. The van der Waals surface area contributed by atoms with Crippen LogP contribution >= 0.6 is 27.5 Å². The number of non-ortho nitro benzene ring substituents is 1. The number of ether oxygens (including phenoxy) is 1. The number of nitrogens with zero attached hydrogens (tertiary/aromatic N) is 3.